The summed E-state index contributed by atoms with van der Waals surface area (Å²) in [5.74, 6) is 5.94. The first-order chi connectivity index (χ1) is 6.86. The van der Waals surface area contributed by atoms with Gasteiger partial charge in [0, 0.05) is 24.5 Å². The van der Waals surface area contributed by atoms with Gasteiger partial charge in [0.25, 0.3) is 0 Å². The van der Waals surface area contributed by atoms with Gasteiger partial charge in [-0.1, -0.05) is 19.8 Å². The van der Waals surface area contributed by atoms with Crippen molar-refractivity contribution in [1.82, 2.24) is 4.98 Å². The summed E-state index contributed by atoms with van der Waals surface area (Å²) in [6.07, 6.45) is 5.44. The summed E-state index contributed by atoms with van der Waals surface area (Å²) in [6.45, 7) is 3.20. The van der Waals surface area contributed by atoms with Gasteiger partial charge < -0.3 is 10.7 Å². The van der Waals surface area contributed by atoms with E-state index in [0.717, 1.165) is 12.2 Å². The van der Waals surface area contributed by atoms with Crippen LogP contribution >= 0.6 is 0 Å². The van der Waals surface area contributed by atoms with Crippen molar-refractivity contribution in [2.24, 2.45) is 5.84 Å². The van der Waals surface area contributed by atoms with Crippen molar-refractivity contribution in [3.63, 3.8) is 0 Å². The molecule has 1 heterocycles. The first-order valence-electron chi connectivity index (χ1n) is 5.03. The molecule has 0 radical (unpaired) electrons. The molecule has 4 nitrogen and oxygen atoms in total. The topological polar surface area (TPSA) is 63.0 Å². The summed E-state index contributed by atoms with van der Waals surface area (Å²) in [4.78, 5) is 4.03. The predicted octanol–water partition coefficient (Wildman–Crippen LogP) is 1.97. The van der Waals surface area contributed by atoms with Crippen LogP contribution in [0.15, 0.2) is 18.3 Å². The number of aromatic nitrogens is 1. The van der Waals surface area contributed by atoms with Gasteiger partial charge in [0.15, 0.2) is 0 Å². The number of rotatable bonds is 6. The van der Waals surface area contributed by atoms with Crippen molar-refractivity contribution in [1.29, 1.82) is 0 Å². The Morgan fingerprint density at radius 1 is 1.43 bits per heavy atom. The van der Waals surface area contributed by atoms with E-state index >= 15 is 0 Å². The Bertz CT molecular complexity index is 262. The van der Waals surface area contributed by atoms with Gasteiger partial charge in [0.05, 0.1) is 0 Å². The Morgan fingerprint density at radius 3 is 3.00 bits per heavy atom. The number of anilines is 2. The minimum Gasteiger partial charge on any atom is -0.385 e. The van der Waals surface area contributed by atoms with Gasteiger partial charge in [0.1, 0.15) is 5.82 Å². The molecule has 0 aromatic carbocycles. The van der Waals surface area contributed by atoms with Crippen LogP contribution in [0.5, 0.6) is 0 Å². The Kier molecular flexibility index (Phi) is 4.78. The van der Waals surface area contributed by atoms with Crippen molar-refractivity contribution in [2.75, 3.05) is 17.3 Å². The molecule has 78 valence electrons. The van der Waals surface area contributed by atoms with Gasteiger partial charge >= 0.3 is 0 Å². The smallest absolute Gasteiger partial charge is 0.141 e. The normalized spacial score (nSPS) is 9.86. The zero-order valence-corrected chi connectivity index (χ0v) is 8.59. The molecule has 0 aliphatic heterocycles. The SMILES string of the molecule is CCCCCNc1ccnc(NN)c1. The third-order valence-electron chi connectivity index (χ3n) is 2.02. The molecule has 1 aromatic heterocycles. The standard InChI is InChI=1S/C10H18N4/c1-2-3-4-6-12-9-5-7-13-10(8-9)14-11/h5,7-8H,2-4,6,11H2,1H3,(H2,12,13,14). The van der Waals surface area contributed by atoms with E-state index in [0.29, 0.717) is 5.82 Å². The molecule has 0 saturated carbocycles. The molecule has 0 atom stereocenters. The van der Waals surface area contributed by atoms with Crippen LogP contribution in [0.3, 0.4) is 0 Å². The van der Waals surface area contributed by atoms with Crippen molar-refractivity contribution in [3.05, 3.63) is 18.3 Å². The van der Waals surface area contributed by atoms with Gasteiger partial charge in [-0.25, -0.2) is 10.8 Å². The summed E-state index contributed by atoms with van der Waals surface area (Å²) in [7, 11) is 0. The molecule has 0 fully saturated rings. The first-order valence-corrected chi connectivity index (χ1v) is 5.03. The average molecular weight is 194 g/mol. The van der Waals surface area contributed by atoms with Crippen LogP contribution in [0, 0.1) is 0 Å². The lowest BCUT2D eigenvalue weighted by Crippen LogP contribution is -2.09. The van der Waals surface area contributed by atoms with Gasteiger partial charge in [0.2, 0.25) is 0 Å². The zero-order valence-electron chi connectivity index (χ0n) is 8.59. The highest BCUT2D eigenvalue weighted by atomic mass is 15.2. The third-order valence-corrected chi connectivity index (χ3v) is 2.02. The number of hydrogen-bond donors (Lipinski definition) is 3. The summed E-state index contributed by atoms with van der Waals surface area (Å²) in [5, 5.41) is 3.32. The fourth-order valence-electron chi connectivity index (χ4n) is 1.23. The molecule has 0 aliphatic rings. The second-order valence-corrected chi connectivity index (χ2v) is 3.21. The van der Waals surface area contributed by atoms with Crippen LogP contribution in [0.2, 0.25) is 0 Å². The number of hydrazine groups is 1. The van der Waals surface area contributed by atoms with Crippen LogP contribution in [0.4, 0.5) is 11.5 Å². The second kappa shape index (κ2) is 6.21. The van der Waals surface area contributed by atoms with Crippen molar-refractivity contribution in [2.45, 2.75) is 26.2 Å². The maximum atomic E-state index is 5.25. The molecule has 1 aromatic rings. The Balaban J connectivity index is 2.34. The zero-order chi connectivity index (χ0) is 10.2. The maximum absolute atomic E-state index is 5.25. The molecule has 0 saturated heterocycles. The number of pyridine rings is 1. The van der Waals surface area contributed by atoms with Crippen LogP contribution in [-0.2, 0) is 0 Å². The van der Waals surface area contributed by atoms with Crippen LogP contribution in [-0.4, -0.2) is 11.5 Å². The maximum Gasteiger partial charge on any atom is 0.141 e. The first kappa shape index (κ1) is 10.8. The molecule has 0 aliphatic carbocycles. The largest absolute Gasteiger partial charge is 0.385 e. The molecule has 0 bridgehead atoms. The number of nitrogens with zero attached hydrogens (tertiary/aromatic N) is 1. The fraction of sp³-hybridized carbons (Fsp3) is 0.500. The predicted molar refractivity (Wildman–Crippen MR) is 60.1 cm³/mol. The summed E-state index contributed by atoms with van der Waals surface area (Å²) >= 11 is 0. The van der Waals surface area contributed by atoms with E-state index in [9.17, 15) is 0 Å². The van der Waals surface area contributed by atoms with E-state index < -0.39 is 0 Å². The summed E-state index contributed by atoms with van der Waals surface area (Å²) in [6, 6.07) is 3.83. The van der Waals surface area contributed by atoms with Crippen LogP contribution < -0.4 is 16.6 Å². The van der Waals surface area contributed by atoms with E-state index in [1.54, 1.807) is 6.20 Å². The molecule has 4 heteroatoms. The minimum atomic E-state index is 0.686. The molecular weight excluding hydrogens is 176 g/mol. The lowest BCUT2D eigenvalue weighted by molar-refractivity contribution is 0.744. The van der Waals surface area contributed by atoms with E-state index in [4.69, 9.17) is 5.84 Å². The Morgan fingerprint density at radius 2 is 2.29 bits per heavy atom. The quantitative estimate of drug-likeness (QED) is 0.368. The van der Waals surface area contributed by atoms with Gasteiger partial charge in [-0.15, -0.1) is 0 Å². The number of unbranched alkanes of at least 4 members (excludes halogenated alkanes) is 2. The number of nitrogens with two attached hydrogens (primary N) is 1. The fourth-order valence-corrected chi connectivity index (χ4v) is 1.23. The van der Waals surface area contributed by atoms with Crippen LogP contribution in [0.25, 0.3) is 0 Å². The molecular formula is C10H18N4. The molecule has 0 amide bonds. The molecule has 1 rings (SSSR count). The lowest BCUT2D eigenvalue weighted by Gasteiger charge is -2.06. The number of hydrogen-bond acceptors (Lipinski definition) is 4. The number of nitrogen functional groups attached to an aromatic ring is 1. The molecule has 0 unspecified atom stereocenters. The minimum absolute atomic E-state index is 0.686. The van der Waals surface area contributed by atoms with Crippen molar-refractivity contribution in [3.8, 4) is 0 Å². The highest BCUT2D eigenvalue weighted by Gasteiger charge is 1.94. The molecule has 4 N–H and O–H groups in total. The Labute approximate surface area is 84.9 Å². The highest BCUT2D eigenvalue weighted by molar-refractivity contribution is 5.51. The monoisotopic (exact) mass is 194 g/mol. The lowest BCUT2D eigenvalue weighted by atomic mass is 10.2. The van der Waals surface area contributed by atoms with E-state index in [2.05, 4.69) is 22.7 Å². The van der Waals surface area contributed by atoms with Crippen molar-refractivity contribution >= 4 is 11.5 Å². The average Bonchev–Trinajstić information content (AvgIpc) is 2.25. The van der Waals surface area contributed by atoms with Crippen molar-refractivity contribution < 1.29 is 0 Å². The second-order valence-electron chi connectivity index (χ2n) is 3.21. The van der Waals surface area contributed by atoms with E-state index in [1.807, 2.05) is 12.1 Å². The number of nitrogens with one attached hydrogen (secondary N) is 2. The van der Waals surface area contributed by atoms with Crippen LogP contribution in [0.1, 0.15) is 26.2 Å². The molecule has 0 spiro atoms. The van der Waals surface area contributed by atoms with Gasteiger partial charge in [-0.05, 0) is 12.5 Å². The van der Waals surface area contributed by atoms with Gasteiger partial charge in [-0.2, -0.15) is 0 Å². The third kappa shape index (κ3) is 3.62. The summed E-state index contributed by atoms with van der Waals surface area (Å²) < 4.78 is 0. The molecule has 14 heavy (non-hydrogen) atoms. The summed E-state index contributed by atoms with van der Waals surface area (Å²) in [5.41, 5.74) is 3.58. The highest BCUT2D eigenvalue weighted by Crippen LogP contribution is 2.10. The Hall–Kier alpha value is -1.29. The van der Waals surface area contributed by atoms with E-state index in [1.165, 1.54) is 19.3 Å². The van der Waals surface area contributed by atoms with Gasteiger partial charge in [-0.3, -0.25) is 0 Å². The van der Waals surface area contributed by atoms with E-state index in [-0.39, 0.29) is 0 Å².